The van der Waals surface area contributed by atoms with E-state index >= 15 is 0 Å². The minimum atomic E-state index is -0.315. The van der Waals surface area contributed by atoms with E-state index < -0.39 is 0 Å². The highest BCUT2D eigenvalue weighted by atomic mass is 16.5. The van der Waals surface area contributed by atoms with Crippen molar-refractivity contribution in [3.8, 4) is 0 Å². The molecular weight excluding hydrogens is 254 g/mol. The normalized spacial score (nSPS) is 18.1. The number of nitrogen functional groups attached to an aromatic ring is 1. The van der Waals surface area contributed by atoms with Gasteiger partial charge >= 0.3 is 0 Å². The number of anilines is 2. The third-order valence-corrected chi connectivity index (χ3v) is 4.00. The number of pyridine rings is 1. The molecule has 0 atom stereocenters. The Morgan fingerprint density at radius 2 is 2.05 bits per heavy atom. The summed E-state index contributed by atoms with van der Waals surface area (Å²) >= 11 is 0. The van der Waals surface area contributed by atoms with Crippen molar-refractivity contribution < 1.29 is 9.84 Å². The molecule has 1 aromatic carbocycles. The average molecular weight is 273 g/mol. The Morgan fingerprint density at radius 3 is 2.80 bits per heavy atom. The average Bonchev–Trinajstić information content (AvgIpc) is 2.51. The highest BCUT2D eigenvalue weighted by molar-refractivity contribution is 6.00. The predicted molar refractivity (Wildman–Crippen MR) is 79.6 cm³/mol. The topological polar surface area (TPSA) is 80.4 Å². The van der Waals surface area contributed by atoms with Crippen LogP contribution in [0, 0.1) is 0 Å². The fourth-order valence-corrected chi connectivity index (χ4v) is 2.69. The molecule has 0 unspecified atom stereocenters. The first-order chi connectivity index (χ1) is 9.74. The summed E-state index contributed by atoms with van der Waals surface area (Å²) in [5.74, 6) is 0. The maximum absolute atomic E-state index is 9.77. The van der Waals surface area contributed by atoms with Gasteiger partial charge in [-0.05, 0) is 31.0 Å². The molecule has 1 aliphatic rings. The van der Waals surface area contributed by atoms with Crippen molar-refractivity contribution in [3.63, 3.8) is 0 Å². The van der Waals surface area contributed by atoms with Crippen molar-refractivity contribution in [1.29, 1.82) is 0 Å². The van der Waals surface area contributed by atoms with Crippen LogP contribution in [-0.2, 0) is 4.74 Å². The molecule has 0 amide bonds. The molecule has 106 valence electrons. The Hall–Kier alpha value is -1.85. The summed E-state index contributed by atoms with van der Waals surface area (Å²) in [7, 11) is 0. The van der Waals surface area contributed by atoms with Crippen LogP contribution in [0.15, 0.2) is 30.6 Å². The summed E-state index contributed by atoms with van der Waals surface area (Å²) in [6.45, 7) is 1.43. The van der Waals surface area contributed by atoms with Gasteiger partial charge < -0.3 is 20.9 Å². The zero-order valence-corrected chi connectivity index (χ0v) is 11.3. The van der Waals surface area contributed by atoms with Crippen molar-refractivity contribution in [2.24, 2.45) is 0 Å². The first-order valence-electron chi connectivity index (χ1n) is 6.83. The molecule has 1 saturated heterocycles. The van der Waals surface area contributed by atoms with Gasteiger partial charge in [-0.1, -0.05) is 0 Å². The molecule has 0 saturated carbocycles. The van der Waals surface area contributed by atoms with Crippen molar-refractivity contribution in [3.05, 3.63) is 30.6 Å². The van der Waals surface area contributed by atoms with E-state index in [4.69, 9.17) is 10.5 Å². The molecule has 5 heteroatoms. The first-order valence-corrected chi connectivity index (χ1v) is 6.83. The lowest BCUT2D eigenvalue weighted by Crippen LogP contribution is -2.46. The lowest BCUT2D eigenvalue weighted by Gasteiger charge is -2.37. The molecule has 5 nitrogen and oxygen atoms in total. The summed E-state index contributed by atoms with van der Waals surface area (Å²) in [5, 5.41) is 15.2. The molecular formula is C15H19N3O2. The molecule has 2 heterocycles. The molecule has 20 heavy (non-hydrogen) atoms. The van der Waals surface area contributed by atoms with Crippen LogP contribution in [0.4, 0.5) is 11.4 Å². The van der Waals surface area contributed by atoms with Gasteiger partial charge in [0.1, 0.15) is 0 Å². The second kappa shape index (κ2) is 5.26. The molecule has 1 fully saturated rings. The van der Waals surface area contributed by atoms with E-state index in [-0.39, 0.29) is 12.1 Å². The molecule has 0 bridgehead atoms. The molecule has 2 aromatic rings. The smallest absolute Gasteiger partial charge is 0.0663 e. The molecule has 3 rings (SSSR count). The maximum Gasteiger partial charge on any atom is 0.0663 e. The SMILES string of the molecule is Nc1ccc(NC2(CO)CCOCC2)c2ccncc12. The lowest BCUT2D eigenvalue weighted by atomic mass is 9.90. The Morgan fingerprint density at radius 1 is 1.25 bits per heavy atom. The van der Waals surface area contributed by atoms with E-state index in [9.17, 15) is 5.11 Å². The summed E-state index contributed by atoms with van der Waals surface area (Å²) < 4.78 is 5.39. The van der Waals surface area contributed by atoms with E-state index in [1.807, 2.05) is 18.2 Å². The zero-order valence-electron chi connectivity index (χ0n) is 11.3. The van der Waals surface area contributed by atoms with Gasteiger partial charge in [-0.3, -0.25) is 4.98 Å². The van der Waals surface area contributed by atoms with Crippen LogP contribution in [0.3, 0.4) is 0 Å². The Balaban J connectivity index is 2.00. The molecule has 0 aliphatic carbocycles. The number of nitrogens with two attached hydrogens (primary N) is 1. The fraction of sp³-hybridized carbons (Fsp3) is 0.400. The number of aliphatic hydroxyl groups excluding tert-OH is 1. The van der Waals surface area contributed by atoms with Gasteiger partial charge in [0.25, 0.3) is 0 Å². The van der Waals surface area contributed by atoms with Gasteiger partial charge in [0, 0.05) is 47.8 Å². The number of benzene rings is 1. The quantitative estimate of drug-likeness (QED) is 0.743. The zero-order chi connectivity index (χ0) is 14.0. The summed E-state index contributed by atoms with van der Waals surface area (Å²) in [5.41, 5.74) is 7.36. The Kier molecular flexibility index (Phi) is 3.46. The Labute approximate surface area is 117 Å². The summed E-state index contributed by atoms with van der Waals surface area (Å²) in [4.78, 5) is 4.12. The number of hydrogen-bond donors (Lipinski definition) is 3. The maximum atomic E-state index is 9.77. The second-order valence-corrected chi connectivity index (χ2v) is 5.30. The van der Waals surface area contributed by atoms with Gasteiger partial charge in [-0.25, -0.2) is 0 Å². The van der Waals surface area contributed by atoms with Crippen molar-refractivity contribution in [2.75, 3.05) is 30.9 Å². The monoisotopic (exact) mass is 273 g/mol. The Bertz CT molecular complexity index is 609. The number of rotatable bonds is 3. The number of fused-ring (bicyclic) bond motifs is 1. The number of ether oxygens (including phenoxy) is 1. The van der Waals surface area contributed by atoms with Crippen LogP contribution in [0.5, 0.6) is 0 Å². The van der Waals surface area contributed by atoms with Gasteiger partial charge in [0.15, 0.2) is 0 Å². The van der Waals surface area contributed by atoms with Gasteiger partial charge in [-0.2, -0.15) is 0 Å². The van der Waals surface area contributed by atoms with Gasteiger partial charge in [0.05, 0.1) is 12.1 Å². The minimum absolute atomic E-state index is 0.0906. The van der Waals surface area contributed by atoms with Crippen molar-refractivity contribution in [2.45, 2.75) is 18.4 Å². The van der Waals surface area contributed by atoms with Gasteiger partial charge in [0.2, 0.25) is 0 Å². The highest BCUT2D eigenvalue weighted by Crippen LogP contribution is 2.32. The predicted octanol–water partition coefficient (Wildman–Crippen LogP) is 1.77. The number of nitrogens with one attached hydrogen (secondary N) is 1. The van der Waals surface area contributed by atoms with Crippen LogP contribution in [0.2, 0.25) is 0 Å². The number of nitrogens with zero attached hydrogens (tertiary/aromatic N) is 1. The van der Waals surface area contributed by atoms with E-state index in [1.165, 1.54) is 0 Å². The van der Waals surface area contributed by atoms with Crippen LogP contribution in [0.25, 0.3) is 10.8 Å². The lowest BCUT2D eigenvalue weighted by molar-refractivity contribution is 0.0380. The third kappa shape index (κ3) is 2.30. The summed E-state index contributed by atoms with van der Waals surface area (Å²) in [6, 6.07) is 5.78. The van der Waals surface area contributed by atoms with Crippen molar-refractivity contribution in [1.82, 2.24) is 4.98 Å². The van der Waals surface area contributed by atoms with Crippen molar-refractivity contribution >= 4 is 22.1 Å². The largest absolute Gasteiger partial charge is 0.398 e. The fourth-order valence-electron chi connectivity index (χ4n) is 2.69. The molecule has 0 radical (unpaired) electrons. The molecule has 1 aromatic heterocycles. The van der Waals surface area contributed by atoms with Crippen LogP contribution >= 0.6 is 0 Å². The van der Waals surface area contributed by atoms with E-state index in [2.05, 4.69) is 10.3 Å². The first kappa shape index (κ1) is 13.1. The standard InChI is InChI=1S/C15H19N3O2/c16-13-1-2-14(11-3-6-17-9-12(11)13)18-15(10-19)4-7-20-8-5-15/h1-3,6,9,18-19H,4-5,7-8,10,16H2. The van der Waals surface area contributed by atoms with E-state index in [0.717, 1.165) is 29.3 Å². The van der Waals surface area contributed by atoms with E-state index in [0.29, 0.717) is 18.9 Å². The van der Waals surface area contributed by atoms with E-state index in [1.54, 1.807) is 12.4 Å². The number of aromatic nitrogens is 1. The van der Waals surface area contributed by atoms with Gasteiger partial charge in [-0.15, -0.1) is 0 Å². The highest BCUT2D eigenvalue weighted by Gasteiger charge is 2.32. The van der Waals surface area contributed by atoms with Crippen LogP contribution in [0.1, 0.15) is 12.8 Å². The number of hydrogen-bond acceptors (Lipinski definition) is 5. The molecule has 4 N–H and O–H groups in total. The van der Waals surface area contributed by atoms with Crippen LogP contribution in [-0.4, -0.2) is 35.5 Å². The second-order valence-electron chi connectivity index (χ2n) is 5.30. The molecule has 0 spiro atoms. The molecule has 1 aliphatic heterocycles. The third-order valence-electron chi connectivity index (χ3n) is 4.00. The minimum Gasteiger partial charge on any atom is -0.398 e. The summed E-state index contributed by atoms with van der Waals surface area (Å²) in [6.07, 6.45) is 5.11. The van der Waals surface area contributed by atoms with Crippen LogP contribution < -0.4 is 11.1 Å². The number of aliphatic hydroxyl groups is 1.